The number of methoxy groups -OCH3 is 1. The molecule has 1 fully saturated rings. The molecule has 0 saturated carbocycles. The number of nitrogens with zero attached hydrogens (tertiary/aromatic N) is 5. The third kappa shape index (κ3) is 6.32. The second-order valence-electron chi connectivity index (χ2n) is 11.0. The number of likely N-dealkylation sites (tertiary alicyclic amines) is 1. The van der Waals surface area contributed by atoms with Gasteiger partial charge in [0, 0.05) is 37.7 Å². The van der Waals surface area contributed by atoms with Crippen LogP contribution in [0.5, 0.6) is 5.75 Å². The lowest BCUT2D eigenvalue weighted by Crippen LogP contribution is -2.54. The molecule has 3 heterocycles. The summed E-state index contributed by atoms with van der Waals surface area (Å²) in [6, 6.07) is 2.59. The number of rotatable bonds is 8. The highest BCUT2D eigenvalue weighted by molar-refractivity contribution is 5.94. The van der Waals surface area contributed by atoms with Crippen LogP contribution in [0.25, 0.3) is 0 Å². The van der Waals surface area contributed by atoms with Crippen molar-refractivity contribution in [2.24, 2.45) is 5.41 Å². The SMILES string of the molecule is CNC(=O)c1cc(CCc2cnc(Nc3cnn(C4CCCN(C(=O)O)[C@@H]4C(C)(C)C)c3)nc2)c(F)c(OC)c1. The minimum absolute atomic E-state index is 0.0187. The summed E-state index contributed by atoms with van der Waals surface area (Å²) < 4.78 is 21.7. The van der Waals surface area contributed by atoms with Crippen LogP contribution >= 0.6 is 0 Å². The molecule has 2 aromatic heterocycles. The maximum atomic E-state index is 14.8. The number of carboxylic acid groups (broad SMARTS) is 1. The molecule has 0 spiro atoms. The van der Waals surface area contributed by atoms with Gasteiger partial charge in [0.2, 0.25) is 5.95 Å². The number of amides is 2. The Kier molecular flexibility index (Phi) is 8.55. The molecule has 3 aromatic rings. The summed E-state index contributed by atoms with van der Waals surface area (Å²) >= 11 is 0. The fourth-order valence-corrected chi connectivity index (χ4v) is 5.31. The molecule has 1 aliphatic rings. The average molecular weight is 554 g/mol. The molecular formula is C28H36FN7O4. The topological polar surface area (TPSA) is 134 Å². The lowest BCUT2D eigenvalue weighted by Gasteiger charge is -2.46. The Hall–Kier alpha value is -4.22. The first-order chi connectivity index (χ1) is 19.0. The van der Waals surface area contributed by atoms with Gasteiger partial charge < -0.3 is 25.4 Å². The van der Waals surface area contributed by atoms with Crippen LogP contribution in [0.15, 0.2) is 36.9 Å². The van der Waals surface area contributed by atoms with E-state index in [0.29, 0.717) is 42.1 Å². The molecule has 0 radical (unpaired) electrons. The number of aromatic nitrogens is 4. The zero-order chi connectivity index (χ0) is 29.0. The van der Waals surface area contributed by atoms with Crippen molar-refractivity contribution in [1.82, 2.24) is 30.0 Å². The molecule has 1 aliphatic heterocycles. The number of carbonyl (C=O) groups is 2. The van der Waals surface area contributed by atoms with Crippen LogP contribution in [0.3, 0.4) is 0 Å². The number of halogens is 1. The molecule has 1 aromatic carbocycles. The van der Waals surface area contributed by atoms with E-state index in [-0.39, 0.29) is 29.2 Å². The van der Waals surface area contributed by atoms with Gasteiger partial charge in [0.05, 0.1) is 31.1 Å². The summed E-state index contributed by atoms with van der Waals surface area (Å²) in [5.74, 6) is -0.422. The van der Waals surface area contributed by atoms with Crippen LogP contribution in [0.2, 0.25) is 0 Å². The van der Waals surface area contributed by atoms with Crippen LogP contribution < -0.4 is 15.4 Å². The Morgan fingerprint density at radius 3 is 2.52 bits per heavy atom. The van der Waals surface area contributed by atoms with Gasteiger partial charge >= 0.3 is 6.09 Å². The van der Waals surface area contributed by atoms with E-state index in [4.69, 9.17) is 4.74 Å². The molecule has 11 nitrogen and oxygen atoms in total. The number of anilines is 2. The number of hydrogen-bond donors (Lipinski definition) is 3. The van der Waals surface area contributed by atoms with Crippen molar-refractivity contribution >= 4 is 23.6 Å². The standard InChI is InChI=1S/C28H36FN7O4/c1-28(2,3)24-21(7-6-10-35(24)27(38)39)36-16-20(15-33-36)34-26-31-13-17(14-32-26)8-9-18-11-19(25(37)30-4)12-22(40-5)23(18)29/h11-16,21,24H,6-10H2,1-5H3,(H,30,37)(H,38,39)(H,31,32,34)/t21?,24-/m0/s1. The molecule has 12 heteroatoms. The largest absolute Gasteiger partial charge is 0.494 e. The summed E-state index contributed by atoms with van der Waals surface area (Å²) in [7, 11) is 2.88. The van der Waals surface area contributed by atoms with Gasteiger partial charge in [-0.25, -0.2) is 19.2 Å². The number of benzene rings is 1. The smallest absolute Gasteiger partial charge is 0.407 e. The second kappa shape index (κ2) is 11.9. The van der Waals surface area contributed by atoms with Crippen molar-refractivity contribution < 1.29 is 23.8 Å². The Bertz CT molecular complexity index is 1350. The predicted octanol–water partition coefficient (Wildman–Crippen LogP) is 4.44. The van der Waals surface area contributed by atoms with E-state index in [0.717, 1.165) is 18.4 Å². The molecule has 0 bridgehead atoms. The molecule has 2 atom stereocenters. The first-order valence-electron chi connectivity index (χ1n) is 13.2. The van der Waals surface area contributed by atoms with Gasteiger partial charge in [-0.15, -0.1) is 0 Å². The Morgan fingerprint density at radius 2 is 1.90 bits per heavy atom. The zero-order valence-electron chi connectivity index (χ0n) is 23.4. The number of carbonyl (C=O) groups excluding carboxylic acids is 1. The molecule has 4 rings (SSSR count). The number of nitrogens with one attached hydrogen (secondary N) is 2. The van der Waals surface area contributed by atoms with Gasteiger partial charge in [0.25, 0.3) is 5.91 Å². The van der Waals surface area contributed by atoms with Crippen molar-refractivity contribution in [3.8, 4) is 5.75 Å². The highest BCUT2D eigenvalue weighted by atomic mass is 19.1. The van der Waals surface area contributed by atoms with Crippen LogP contribution in [0.1, 0.15) is 61.1 Å². The Morgan fingerprint density at radius 1 is 1.18 bits per heavy atom. The third-order valence-corrected chi connectivity index (χ3v) is 7.14. The average Bonchev–Trinajstić information content (AvgIpc) is 3.40. The Balaban J connectivity index is 1.43. The number of piperidine rings is 1. The fourth-order valence-electron chi connectivity index (χ4n) is 5.31. The molecule has 40 heavy (non-hydrogen) atoms. The van der Waals surface area contributed by atoms with E-state index in [1.807, 2.05) is 31.6 Å². The summed E-state index contributed by atoms with van der Waals surface area (Å²) in [6.07, 6.45) is 8.33. The number of hydrogen-bond acceptors (Lipinski definition) is 7. The van der Waals surface area contributed by atoms with Gasteiger partial charge in [0.1, 0.15) is 0 Å². The lowest BCUT2D eigenvalue weighted by atomic mass is 9.78. The maximum Gasteiger partial charge on any atom is 0.407 e. The number of aryl methyl sites for hydroxylation is 2. The lowest BCUT2D eigenvalue weighted by molar-refractivity contribution is 0.0236. The Labute approximate surface area is 232 Å². The monoisotopic (exact) mass is 553 g/mol. The zero-order valence-corrected chi connectivity index (χ0v) is 23.4. The predicted molar refractivity (Wildman–Crippen MR) is 148 cm³/mol. The van der Waals surface area contributed by atoms with Crippen molar-refractivity contribution in [3.63, 3.8) is 0 Å². The highest BCUT2D eigenvalue weighted by Crippen LogP contribution is 2.39. The maximum absolute atomic E-state index is 14.8. The minimum atomic E-state index is -0.912. The first-order valence-corrected chi connectivity index (χ1v) is 13.2. The summed E-state index contributed by atoms with van der Waals surface area (Å²) in [6.45, 7) is 6.66. The van der Waals surface area contributed by atoms with Gasteiger partial charge in [-0.2, -0.15) is 5.10 Å². The normalized spacial score (nSPS) is 17.4. The second-order valence-corrected chi connectivity index (χ2v) is 11.0. The molecule has 3 N–H and O–H groups in total. The summed E-state index contributed by atoms with van der Waals surface area (Å²) in [5, 5.41) is 20.0. The van der Waals surface area contributed by atoms with Crippen molar-refractivity contribution in [3.05, 3.63) is 59.4 Å². The van der Waals surface area contributed by atoms with Gasteiger partial charge in [-0.1, -0.05) is 20.8 Å². The van der Waals surface area contributed by atoms with Crippen LogP contribution in [0.4, 0.5) is 20.8 Å². The van der Waals surface area contributed by atoms with Crippen LogP contribution in [-0.4, -0.2) is 68.5 Å². The van der Waals surface area contributed by atoms with E-state index in [9.17, 15) is 19.1 Å². The fraction of sp³-hybridized carbons (Fsp3) is 0.464. The van der Waals surface area contributed by atoms with E-state index in [1.165, 1.54) is 31.2 Å². The molecule has 2 amide bonds. The van der Waals surface area contributed by atoms with E-state index in [1.54, 1.807) is 18.6 Å². The minimum Gasteiger partial charge on any atom is -0.494 e. The van der Waals surface area contributed by atoms with Crippen LogP contribution in [-0.2, 0) is 12.8 Å². The molecule has 214 valence electrons. The van der Waals surface area contributed by atoms with Gasteiger partial charge in [0.15, 0.2) is 11.6 Å². The van der Waals surface area contributed by atoms with Gasteiger partial charge in [-0.05, 0) is 54.4 Å². The van der Waals surface area contributed by atoms with E-state index < -0.39 is 11.9 Å². The van der Waals surface area contributed by atoms with Crippen molar-refractivity contribution in [2.75, 3.05) is 26.0 Å². The van der Waals surface area contributed by atoms with E-state index >= 15 is 0 Å². The highest BCUT2D eigenvalue weighted by Gasteiger charge is 2.43. The molecule has 0 aliphatic carbocycles. The van der Waals surface area contributed by atoms with Crippen molar-refractivity contribution in [2.45, 2.75) is 58.5 Å². The van der Waals surface area contributed by atoms with E-state index in [2.05, 4.69) is 25.7 Å². The summed E-state index contributed by atoms with van der Waals surface area (Å²) in [4.78, 5) is 34.3. The molecule has 1 unspecified atom stereocenters. The van der Waals surface area contributed by atoms with Crippen molar-refractivity contribution in [1.29, 1.82) is 0 Å². The summed E-state index contributed by atoms with van der Waals surface area (Å²) in [5.41, 5.74) is 1.91. The third-order valence-electron chi connectivity index (χ3n) is 7.14. The molecule has 1 saturated heterocycles. The quantitative estimate of drug-likeness (QED) is 0.373. The van der Waals surface area contributed by atoms with Gasteiger partial charge in [-0.3, -0.25) is 9.48 Å². The number of ether oxygens (including phenoxy) is 1. The van der Waals surface area contributed by atoms with Crippen LogP contribution in [0, 0.1) is 11.2 Å². The molecular weight excluding hydrogens is 517 g/mol. The first kappa shape index (κ1) is 28.8.